The van der Waals surface area contributed by atoms with E-state index in [1.54, 1.807) is 0 Å². The molecule has 0 fully saturated rings. The minimum Gasteiger partial charge on any atom is -0.310 e. The number of thiophene rings is 1. The molecule has 0 aliphatic rings. The lowest BCUT2D eigenvalue weighted by Crippen LogP contribution is -2.10. The van der Waals surface area contributed by atoms with Gasteiger partial charge in [0.1, 0.15) is 0 Å². The smallest absolute Gasteiger partial charge is 0.0542 e. The van der Waals surface area contributed by atoms with Gasteiger partial charge in [-0.2, -0.15) is 0 Å². The molecule has 0 aliphatic heterocycles. The second-order valence-electron chi connectivity index (χ2n) is 14.2. The largest absolute Gasteiger partial charge is 0.310 e. The third-order valence-electron chi connectivity index (χ3n) is 11.0. The van der Waals surface area contributed by atoms with Crippen molar-refractivity contribution in [2.45, 2.75) is 0 Å². The third kappa shape index (κ3) is 5.32. The van der Waals surface area contributed by atoms with Crippen LogP contribution in [0.5, 0.6) is 0 Å². The maximum atomic E-state index is 2.39. The van der Waals surface area contributed by atoms with Crippen molar-refractivity contribution < 1.29 is 0 Å². The summed E-state index contributed by atoms with van der Waals surface area (Å²) in [6.45, 7) is 0. The van der Waals surface area contributed by atoms with Crippen molar-refractivity contribution in [3.05, 3.63) is 206 Å². The summed E-state index contributed by atoms with van der Waals surface area (Å²) >= 11 is 1.87. The molecule has 0 spiro atoms. The molecule has 3 heteroatoms. The van der Waals surface area contributed by atoms with Crippen LogP contribution >= 0.6 is 11.3 Å². The highest BCUT2D eigenvalue weighted by atomic mass is 32.1. The van der Waals surface area contributed by atoms with Gasteiger partial charge in [0, 0.05) is 53.7 Å². The number of fused-ring (bicyclic) bond motifs is 8. The Balaban J connectivity index is 1.05. The monoisotopic (exact) mass is 718 g/mol. The maximum absolute atomic E-state index is 2.39. The predicted octanol–water partition coefficient (Wildman–Crippen LogP) is 15.1. The number of nitrogens with zero attached hydrogens (tertiary/aromatic N) is 2. The Bertz CT molecular complexity index is 3190. The predicted molar refractivity (Wildman–Crippen MR) is 237 cm³/mol. The topological polar surface area (TPSA) is 8.17 Å². The standard InChI is InChI=1S/C52H34N2S/c1-3-12-35(13-4-1)37-14-11-17-42(33-37)53(43-28-30-49-47(34-43)45-18-7-9-20-48(45)54(49)40-15-5-2-6-16-40)41-26-22-36(23-27-41)38-24-29-44-39(32-38)25-31-51-52(44)46-19-8-10-21-50(46)55-51/h1-34H. The van der Waals surface area contributed by atoms with Crippen LogP contribution in [-0.4, -0.2) is 4.57 Å². The molecule has 0 atom stereocenters. The Hall–Kier alpha value is -6.94. The van der Waals surface area contributed by atoms with Crippen LogP contribution in [0.25, 0.3) is 80.7 Å². The maximum Gasteiger partial charge on any atom is 0.0542 e. The fourth-order valence-electron chi connectivity index (χ4n) is 8.39. The SMILES string of the molecule is c1ccc(-c2cccc(N(c3ccc(-c4ccc5c(ccc6sc7ccccc7c65)c4)cc3)c3ccc4c(c3)c3ccccc3n4-c3ccccc3)c2)cc1. The zero-order valence-corrected chi connectivity index (χ0v) is 30.7. The number of aromatic nitrogens is 1. The van der Waals surface area contributed by atoms with Crippen LogP contribution in [0.3, 0.4) is 0 Å². The van der Waals surface area contributed by atoms with Gasteiger partial charge < -0.3 is 9.47 Å². The summed E-state index contributed by atoms with van der Waals surface area (Å²) in [6.07, 6.45) is 0. The van der Waals surface area contributed by atoms with E-state index in [9.17, 15) is 0 Å². The summed E-state index contributed by atoms with van der Waals surface area (Å²) in [6, 6.07) is 75.1. The van der Waals surface area contributed by atoms with Crippen LogP contribution in [0.4, 0.5) is 17.1 Å². The van der Waals surface area contributed by atoms with Gasteiger partial charge in [-0.15, -0.1) is 11.3 Å². The molecule has 0 saturated heterocycles. The van der Waals surface area contributed by atoms with Crippen molar-refractivity contribution in [2.75, 3.05) is 4.90 Å². The van der Waals surface area contributed by atoms with Crippen molar-refractivity contribution in [1.29, 1.82) is 0 Å². The van der Waals surface area contributed by atoms with E-state index >= 15 is 0 Å². The number of hydrogen-bond acceptors (Lipinski definition) is 2. The molecule has 0 unspecified atom stereocenters. The first-order chi connectivity index (χ1) is 27.3. The molecule has 2 heterocycles. The summed E-state index contributed by atoms with van der Waals surface area (Å²) in [5.74, 6) is 0. The van der Waals surface area contributed by atoms with Crippen molar-refractivity contribution in [3.8, 4) is 27.9 Å². The van der Waals surface area contributed by atoms with Crippen molar-refractivity contribution in [1.82, 2.24) is 4.57 Å². The van der Waals surface area contributed by atoms with Gasteiger partial charge in [-0.05, 0) is 112 Å². The highest BCUT2D eigenvalue weighted by Gasteiger charge is 2.18. The highest BCUT2D eigenvalue weighted by molar-refractivity contribution is 7.26. The molecule has 55 heavy (non-hydrogen) atoms. The van der Waals surface area contributed by atoms with Gasteiger partial charge in [-0.25, -0.2) is 0 Å². The molecular formula is C52H34N2S. The molecule has 2 nitrogen and oxygen atoms in total. The average Bonchev–Trinajstić information content (AvgIpc) is 3.81. The molecule has 0 radical (unpaired) electrons. The lowest BCUT2D eigenvalue weighted by molar-refractivity contribution is 1.18. The number of benzene rings is 9. The van der Waals surface area contributed by atoms with Crippen molar-refractivity contribution in [2.24, 2.45) is 0 Å². The van der Waals surface area contributed by atoms with Crippen LogP contribution in [0.2, 0.25) is 0 Å². The lowest BCUT2D eigenvalue weighted by atomic mass is 9.98. The Labute approximate surface area is 323 Å². The Morgan fingerprint density at radius 2 is 0.982 bits per heavy atom. The quantitative estimate of drug-likeness (QED) is 0.166. The molecular weight excluding hydrogens is 685 g/mol. The number of hydrogen-bond donors (Lipinski definition) is 0. The van der Waals surface area contributed by atoms with E-state index in [0.29, 0.717) is 0 Å². The molecule has 11 aromatic rings. The van der Waals surface area contributed by atoms with Gasteiger partial charge in [-0.3, -0.25) is 0 Å². The molecule has 0 N–H and O–H groups in total. The molecule has 0 aliphatic carbocycles. The van der Waals surface area contributed by atoms with Crippen LogP contribution in [-0.2, 0) is 0 Å². The first-order valence-electron chi connectivity index (χ1n) is 18.8. The van der Waals surface area contributed by atoms with Gasteiger partial charge >= 0.3 is 0 Å². The first kappa shape index (κ1) is 31.6. The number of para-hydroxylation sites is 2. The zero-order chi connectivity index (χ0) is 36.3. The Morgan fingerprint density at radius 1 is 0.345 bits per heavy atom. The minimum absolute atomic E-state index is 1.10. The normalized spacial score (nSPS) is 11.6. The fourth-order valence-corrected chi connectivity index (χ4v) is 9.52. The van der Waals surface area contributed by atoms with Gasteiger partial charge in [0.15, 0.2) is 0 Å². The van der Waals surface area contributed by atoms with E-state index < -0.39 is 0 Å². The highest BCUT2D eigenvalue weighted by Crippen LogP contribution is 2.42. The van der Waals surface area contributed by atoms with Crippen LogP contribution in [0.15, 0.2) is 206 Å². The zero-order valence-electron chi connectivity index (χ0n) is 29.9. The van der Waals surface area contributed by atoms with E-state index in [0.717, 1.165) is 22.7 Å². The lowest BCUT2D eigenvalue weighted by Gasteiger charge is -2.26. The summed E-state index contributed by atoms with van der Waals surface area (Å²) in [5, 5.41) is 7.73. The number of rotatable bonds is 6. The van der Waals surface area contributed by atoms with E-state index in [2.05, 4.69) is 216 Å². The summed E-state index contributed by atoms with van der Waals surface area (Å²) in [5.41, 5.74) is 11.7. The van der Waals surface area contributed by atoms with E-state index in [4.69, 9.17) is 0 Å². The molecule has 0 amide bonds. The molecule has 2 aromatic heterocycles. The number of anilines is 3. The fraction of sp³-hybridized carbons (Fsp3) is 0. The van der Waals surface area contributed by atoms with Gasteiger partial charge in [0.05, 0.1) is 11.0 Å². The van der Waals surface area contributed by atoms with Crippen molar-refractivity contribution in [3.63, 3.8) is 0 Å². The van der Waals surface area contributed by atoms with Crippen LogP contribution < -0.4 is 4.90 Å². The molecule has 0 bridgehead atoms. The van der Waals surface area contributed by atoms with Crippen LogP contribution in [0.1, 0.15) is 0 Å². The summed E-state index contributed by atoms with van der Waals surface area (Å²) in [4.78, 5) is 2.39. The Kier molecular flexibility index (Phi) is 7.39. The van der Waals surface area contributed by atoms with Gasteiger partial charge in [0.25, 0.3) is 0 Å². The third-order valence-corrected chi connectivity index (χ3v) is 12.1. The van der Waals surface area contributed by atoms with E-state index in [1.165, 1.54) is 75.0 Å². The molecule has 9 aromatic carbocycles. The second-order valence-corrected chi connectivity index (χ2v) is 15.2. The average molecular weight is 719 g/mol. The van der Waals surface area contributed by atoms with E-state index in [1.807, 2.05) is 11.3 Å². The molecule has 258 valence electrons. The Morgan fingerprint density at radius 3 is 1.84 bits per heavy atom. The second kappa shape index (κ2) is 12.9. The minimum atomic E-state index is 1.10. The molecule has 0 saturated carbocycles. The molecule has 11 rings (SSSR count). The summed E-state index contributed by atoms with van der Waals surface area (Å²) in [7, 11) is 0. The van der Waals surface area contributed by atoms with Crippen molar-refractivity contribution >= 4 is 81.1 Å². The summed E-state index contributed by atoms with van der Waals surface area (Å²) < 4.78 is 5.05. The van der Waals surface area contributed by atoms with Gasteiger partial charge in [-0.1, -0.05) is 127 Å². The van der Waals surface area contributed by atoms with E-state index in [-0.39, 0.29) is 0 Å². The van der Waals surface area contributed by atoms with Gasteiger partial charge in [0.2, 0.25) is 0 Å². The van der Waals surface area contributed by atoms with Crippen LogP contribution in [0, 0.1) is 0 Å². The first-order valence-corrected chi connectivity index (χ1v) is 19.6.